The lowest BCUT2D eigenvalue weighted by Gasteiger charge is -2.29. The largest absolute Gasteiger partial charge is 0.338 e. The second-order valence-electron chi connectivity index (χ2n) is 4.33. The molecule has 1 heterocycles. The lowest BCUT2D eigenvalue weighted by atomic mass is 9.90. The van der Waals surface area contributed by atoms with Crippen molar-refractivity contribution in [1.29, 1.82) is 0 Å². The van der Waals surface area contributed by atoms with Crippen LogP contribution in [0, 0.1) is 11.7 Å². The van der Waals surface area contributed by atoms with Gasteiger partial charge in [-0.1, -0.05) is 18.2 Å². The van der Waals surface area contributed by atoms with E-state index in [0.29, 0.717) is 13.1 Å². The summed E-state index contributed by atoms with van der Waals surface area (Å²) in [5, 5.41) is 0. The van der Waals surface area contributed by atoms with E-state index in [1.54, 1.807) is 17.0 Å². The Kier molecular flexibility index (Phi) is 3.55. The molecule has 0 unspecified atom stereocenters. The van der Waals surface area contributed by atoms with E-state index in [-0.39, 0.29) is 17.6 Å². The molecule has 18 heavy (non-hydrogen) atoms. The van der Waals surface area contributed by atoms with Crippen molar-refractivity contribution in [3.8, 4) is 0 Å². The Hall–Kier alpha value is -1.97. The highest BCUT2D eigenvalue weighted by atomic mass is 19.1. The summed E-state index contributed by atoms with van der Waals surface area (Å²) >= 11 is 0. The number of hydrogen-bond acceptors (Lipinski definition) is 2. The van der Waals surface area contributed by atoms with Crippen molar-refractivity contribution < 1.29 is 14.0 Å². The predicted octanol–water partition coefficient (Wildman–Crippen LogP) is 1.89. The lowest BCUT2D eigenvalue weighted by Crippen LogP contribution is -2.38. The van der Waals surface area contributed by atoms with Gasteiger partial charge in [0.25, 0.3) is 0 Å². The van der Waals surface area contributed by atoms with Gasteiger partial charge in [-0.2, -0.15) is 0 Å². The number of halogens is 1. The third kappa shape index (κ3) is 2.47. The first-order chi connectivity index (χ1) is 8.61. The minimum Gasteiger partial charge on any atom is -0.338 e. The van der Waals surface area contributed by atoms with Crippen molar-refractivity contribution in [2.45, 2.75) is 6.92 Å². The van der Waals surface area contributed by atoms with E-state index in [2.05, 4.69) is 0 Å². The Morgan fingerprint density at radius 2 is 2.06 bits per heavy atom. The molecule has 0 aromatic heterocycles. The van der Waals surface area contributed by atoms with Gasteiger partial charge in [0.05, 0.1) is 5.92 Å². The molecule has 0 saturated carbocycles. The monoisotopic (exact) mass is 247 g/mol. The number of nitrogens with zero attached hydrogens (tertiary/aromatic N) is 1. The highest BCUT2D eigenvalue weighted by Crippen LogP contribution is 2.26. The van der Waals surface area contributed by atoms with Gasteiger partial charge in [-0.3, -0.25) is 4.79 Å². The molecule has 0 fully saturated rings. The highest BCUT2D eigenvalue weighted by Gasteiger charge is 2.24. The minimum atomic E-state index is -0.340. The van der Waals surface area contributed by atoms with Crippen LogP contribution < -0.4 is 0 Å². The summed E-state index contributed by atoms with van der Waals surface area (Å²) < 4.78 is 12.9. The van der Waals surface area contributed by atoms with Crippen LogP contribution in [0.4, 0.5) is 4.39 Å². The van der Waals surface area contributed by atoms with Crippen molar-refractivity contribution in [1.82, 2.24) is 4.90 Å². The van der Waals surface area contributed by atoms with Crippen molar-refractivity contribution in [2.75, 3.05) is 13.1 Å². The van der Waals surface area contributed by atoms with E-state index in [1.807, 2.05) is 6.08 Å². The number of hydrogen-bond donors (Lipinski definition) is 0. The van der Waals surface area contributed by atoms with Crippen molar-refractivity contribution in [3.05, 3.63) is 41.7 Å². The maximum absolute atomic E-state index is 12.9. The molecule has 1 atom stereocenters. The van der Waals surface area contributed by atoms with Gasteiger partial charge >= 0.3 is 0 Å². The fourth-order valence-corrected chi connectivity index (χ4v) is 2.12. The zero-order valence-electron chi connectivity index (χ0n) is 10.1. The van der Waals surface area contributed by atoms with Gasteiger partial charge in [-0.15, -0.1) is 0 Å². The summed E-state index contributed by atoms with van der Waals surface area (Å²) in [6.07, 6.45) is 2.70. The first-order valence-electron chi connectivity index (χ1n) is 5.78. The van der Waals surface area contributed by atoms with Gasteiger partial charge in [0.15, 0.2) is 0 Å². The SMILES string of the molecule is CC(=O)N1CC=C(c2ccc(F)cc2)[C@@H](C=O)C1. The Labute approximate surface area is 105 Å². The number of benzene rings is 1. The number of carbonyl (C=O) groups excluding carboxylic acids is 2. The molecule has 1 aromatic carbocycles. The van der Waals surface area contributed by atoms with Crippen LogP contribution >= 0.6 is 0 Å². The molecule has 94 valence electrons. The van der Waals surface area contributed by atoms with Gasteiger partial charge in [0, 0.05) is 20.0 Å². The molecule has 3 nitrogen and oxygen atoms in total. The van der Waals surface area contributed by atoms with Crippen LogP contribution in [0.25, 0.3) is 5.57 Å². The summed E-state index contributed by atoms with van der Waals surface area (Å²) in [4.78, 5) is 24.0. The number of aldehydes is 1. The number of carbonyl (C=O) groups is 2. The molecular formula is C14H14FNO2. The zero-order valence-corrected chi connectivity index (χ0v) is 10.1. The molecule has 0 aliphatic carbocycles. The van der Waals surface area contributed by atoms with Gasteiger partial charge < -0.3 is 9.69 Å². The molecule has 2 rings (SSSR count). The van der Waals surface area contributed by atoms with Crippen LogP contribution in [0.15, 0.2) is 30.3 Å². The van der Waals surface area contributed by atoms with Gasteiger partial charge in [0.1, 0.15) is 12.1 Å². The van der Waals surface area contributed by atoms with Gasteiger partial charge in [-0.05, 0) is 23.3 Å². The van der Waals surface area contributed by atoms with Crippen molar-refractivity contribution in [2.24, 2.45) is 5.92 Å². The van der Waals surface area contributed by atoms with E-state index >= 15 is 0 Å². The average Bonchev–Trinajstić information content (AvgIpc) is 2.39. The Balaban J connectivity index is 2.29. The Morgan fingerprint density at radius 3 is 2.61 bits per heavy atom. The smallest absolute Gasteiger partial charge is 0.219 e. The van der Waals surface area contributed by atoms with Crippen LogP contribution in [0.1, 0.15) is 12.5 Å². The van der Waals surface area contributed by atoms with Gasteiger partial charge in [-0.25, -0.2) is 4.39 Å². The lowest BCUT2D eigenvalue weighted by molar-refractivity contribution is -0.129. The predicted molar refractivity (Wildman–Crippen MR) is 66.2 cm³/mol. The molecule has 0 saturated heterocycles. The van der Waals surface area contributed by atoms with Crippen LogP contribution in [0.5, 0.6) is 0 Å². The Morgan fingerprint density at radius 1 is 1.39 bits per heavy atom. The number of amides is 1. The second kappa shape index (κ2) is 5.12. The van der Waals surface area contributed by atoms with Crippen LogP contribution in [-0.2, 0) is 9.59 Å². The summed E-state index contributed by atoms with van der Waals surface area (Å²) in [6.45, 7) is 2.37. The molecule has 0 N–H and O–H groups in total. The third-order valence-corrected chi connectivity index (χ3v) is 3.14. The van der Waals surface area contributed by atoms with Crippen molar-refractivity contribution in [3.63, 3.8) is 0 Å². The van der Waals surface area contributed by atoms with E-state index in [9.17, 15) is 14.0 Å². The molecule has 1 aromatic rings. The number of rotatable bonds is 2. The van der Waals surface area contributed by atoms with E-state index in [4.69, 9.17) is 0 Å². The molecule has 1 aliphatic heterocycles. The summed E-state index contributed by atoms with van der Waals surface area (Å²) in [7, 11) is 0. The average molecular weight is 247 g/mol. The van der Waals surface area contributed by atoms with E-state index in [1.165, 1.54) is 19.1 Å². The first-order valence-corrected chi connectivity index (χ1v) is 5.78. The maximum Gasteiger partial charge on any atom is 0.219 e. The minimum absolute atomic E-state index is 0.0451. The summed E-state index contributed by atoms with van der Waals surface area (Å²) in [5.41, 5.74) is 1.69. The van der Waals surface area contributed by atoms with Crippen LogP contribution in [0.3, 0.4) is 0 Å². The normalized spacial score (nSPS) is 19.3. The summed E-state index contributed by atoms with van der Waals surface area (Å²) in [6, 6.07) is 6.05. The van der Waals surface area contributed by atoms with E-state index in [0.717, 1.165) is 17.4 Å². The first kappa shape index (κ1) is 12.5. The molecule has 1 amide bonds. The zero-order chi connectivity index (χ0) is 13.1. The summed E-state index contributed by atoms with van der Waals surface area (Å²) in [5.74, 6) is -0.687. The van der Waals surface area contributed by atoms with Gasteiger partial charge in [0.2, 0.25) is 5.91 Å². The van der Waals surface area contributed by atoms with Crippen LogP contribution in [0.2, 0.25) is 0 Å². The van der Waals surface area contributed by atoms with Crippen LogP contribution in [-0.4, -0.2) is 30.2 Å². The third-order valence-electron chi connectivity index (χ3n) is 3.14. The maximum atomic E-state index is 12.9. The molecule has 0 radical (unpaired) electrons. The quantitative estimate of drug-likeness (QED) is 0.748. The molecule has 0 spiro atoms. The fraction of sp³-hybridized carbons (Fsp3) is 0.286. The molecule has 0 bridgehead atoms. The molecule has 4 heteroatoms. The topological polar surface area (TPSA) is 37.4 Å². The second-order valence-corrected chi connectivity index (χ2v) is 4.33. The highest BCUT2D eigenvalue weighted by molar-refractivity contribution is 5.84. The van der Waals surface area contributed by atoms with Crippen molar-refractivity contribution >= 4 is 17.8 Å². The Bertz CT molecular complexity index is 493. The standard InChI is InChI=1S/C14H14FNO2/c1-10(18)16-7-6-14(12(8-16)9-17)11-2-4-13(15)5-3-11/h2-6,9,12H,7-8H2,1H3/t12-/m1/s1. The molecular weight excluding hydrogens is 233 g/mol. The van der Waals surface area contributed by atoms with E-state index < -0.39 is 0 Å². The molecule has 1 aliphatic rings. The fourth-order valence-electron chi connectivity index (χ4n) is 2.12.